The molecule has 22 nitrogen and oxygen atoms in total. The van der Waals surface area contributed by atoms with Gasteiger partial charge in [-0.25, -0.2) is 0 Å². The van der Waals surface area contributed by atoms with Gasteiger partial charge in [0.25, 0.3) is 0 Å². The molecule has 0 saturated carbocycles. The minimum atomic E-state index is -1.43. The number of amides is 7. The van der Waals surface area contributed by atoms with Crippen LogP contribution in [0.25, 0.3) is 10.8 Å². The maximum atomic E-state index is 14.9. The third kappa shape index (κ3) is 25.2. The number of rotatable bonds is 26. The molecule has 0 radical (unpaired) electrons. The lowest BCUT2D eigenvalue weighted by Gasteiger charge is -2.27. The summed E-state index contributed by atoms with van der Waals surface area (Å²) in [5.41, 5.74) is 13.2. The Bertz CT molecular complexity index is 2970. The van der Waals surface area contributed by atoms with Gasteiger partial charge in [0.2, 0.25) is 41.4 Å². The van der Waals surface area contributed by atoms with E-state index in [1.54, 1.807) is 56.3 Å². The molecule has 0 bridgehead atoms. The Labute approximate surface area is 517 Å². The van der Waals surface area contributed by atoms with E-state index in [1.165, 1.54) is 12.1 Å². The molecule has 1 aliphatic rings. The smallest absolute Gasteiger partial charge is 0.243 e. The van der Waals surface area contributed by atoms with Crippen molar-refractivity contribution in [3.05, 3.63) is 114 Å². The summed E-state index contributed by atoms with van der Waals surface area (Å²) in [6.45, 7) is 12.2. The van der Waals surface area contributed by atoms with E-state index < -0.39 is 115 Å². The van der Waals surface area contributed by atoms with Gasteiger partial charge in [0.05, 0.1) is 18.6 Å². The van der Waals surface area contributed by atoms with E-state index >= 15 is 0 Å². The number of ketones is 2. The number of nitrogens with two attached hydrogens (primary N) is 2. The summed E-state index contributed by atoms with van der Waals surface area (Å²) in [4.78, 5) is 135. The largest absolute Gasteiger partial charge is 0.508 e. The average molecular weight is 1220 g/mol. The van der Waals surface area contributed by atoms with Crippen LogP contribution in [-0.2, 0) is 62.4 Å². The molecule has 1 saturated heterocycles. The molecule has 14 N–H and O–H groups in total. The quantitative estimate of drug-likeness (QED) is 0.0243. The summed E-state index contributed by atoms with van der Waals surface area (Å²) in [5.74, 6) is -7.74. The van der Waals surface area contributed by atoms with Crippen LogP contribution in [0.15, 0.2) is 102 Å². The van der Waals surface area contributed by atoms with Crippen LogP contribution in [0.5, 0.6) is 5.75 Å². The molecule has 1 aliphatic heterocycles. The first-order valence-electron chi connectivity index (χ1n) is 31.0. The molecule has 0 aromatic heterocycles. The third-order valence-corrected chi connectivity index (χ3v) is 15.2. The monoisotopic (exact) mass is 1210 g/mol. The van der Waals surface area contributed by atoms with Gasteiger partial charge in [-0.15, -0.1) is 0 Å². The van der Waals surface area contributed by atoms with Gasteiger partial charge in [-0.1, -0.05) is 126 Å². The zero-order valence-electron chi connectivity index (χ0n) is 52.0. The number of nitrogens with one attached hydrogen (secondary N) is 9. The fraction of sp³-hybridized carbons (Fsp3) is 0.515. The fourth-order valence-corrected chi connectivity index (χ4v) is 10.4. The minimum Gasteiger partial charge on any atom is -0.508 e. The van der Waals surface area contributed by atoms with Gasteiger partial charge in [0.15, 0.2) is 17.5 Å². The molecule has 5 rings (SSSR count). The Hall–Kier alpha value is -8.24. The van der Waals surface area contributed by atoms with Crippen LogP contribution < -0.4 is 59.3 Å². The molecule has 7 atom stereocenters. The first kappa shape index (κ1) is 70.5. The van der Waals surface area contributed by atoms with Crippen molar-refractivity contribution in [3.8, 4) is 5.75 Å². The predicted octanol–water partition coefficient (Wildman–Crippen LogP) is 3.58. The topological polar surface area (TPSA) is 347 Å². The molecular weight excluding hydrogens is 1120 g/mol. The second-order valence-electron chi connectivity index (χ2n) is 23.8. The number of phenolic OH excluding ortho intramolecular Hbond substituents is 1. The first-order chi connectivity index (χ1) is 42.0. The first-order valence-corrected chi connectivity index (χ1v) is 31.0. The molecular formula is C66H94N12O10. The van der Waals surface area contributed by atoms with Gasteiger partial charge >= 0.3 is 0 Å². The van der Waals surface area contributed by atoms with Crippen molar-refractivity contribution in [1.82, 2.24) is 47.9 Å². The van der Waals surface area contributed by atoms with Gasteiger partial charge in [-0.05, 0) is 117 Å². The van der Waals surface area contributed by atoms with E-state index in [-0.39, 0.29) is 81.1 Å². The number of benzene rings is 4. The van der Waals surface area contributed by atoms with Crippen LogP contribution in [0.1, 0.15) is 129 Å². The van der Waals surface area contributed by atoms with E-state index in [0.29, 0.717) is 55.5 Å². The molecule has 0 spiro atoms. The van der Waals surface area contributed by atoms with Crippen LogP contribution in [0.3, 0.4) is 0 Å². The Balaban J connectivity index is 1.59. The number of carbonyl (C=O) groups excluding carboxylic acids is 9. The Morgan fingerprint density at radius 3 is 1.81 bits per heavy atom. The second-order valence-corrected chi connectivity index (χ2v) is 23.8. The van der Waals surface area contributed by atoms with Crippen molar-refractivity contribution < 1.29 is 48.3 Å². The lowest BCUT2D eigenvalue weighted by Crippen LogP contribution is -2.58. The normalized spacial score (nSPS) is 20.1. The molecule has 1 heterocycles. The molecule has 22 heteroatoms. The number of hydrogen-bond acceptors (Lipinski definition) is 13. The van der Waals surface area contributed by atoms with Crippen LogP contribution >= 0.6 is 0 Å². The highest BCUT2D eigenvalue weighted by molar-refractivity contribution is 5.98. The molecule has 88 heavy (non-hydrogen) atoms. The molecule has 478 valence electrons. The molecule has 1 unspecified atom stereocenters. The number of guanidine groups is 1. The van der Waals surface area contributed by atoms with Gasteiger partial charge in [-0.3, -0.25) is 48.1 Å². The molecule has 7 amide bonds. The van der Waals surface area contributed by atoms with Crippen molar-refractivity contribution >= 4 is 69.6 Å². The highest BCUT2D eigenvalue weighted by atomic mass is 16.3. The highest BCUT2D eigenvalue weighted by Gasteiger charge is 2.35. The van der Waals surface area contributed by atoms with Crippen molar-refractivity contribution in [3.63, 3.8) is 0 Å². The summed E-state index contributed by atoms with van der Waals surface area (Å²) in [6.07, 6.45) is 1.69. The van der Waals surface area contributed by atoms with E-state index in [2.05, 4.69) is 52.8 Å². The standard InChI is InChI=1S/C66H94N12O10/c1-41(2)60(83)52(21-12-14-32-69-42(3)4)76-63(86)54-30-31-58(81)74-55(37-44-17-8-7-9-18-44)64(87)78-56(38-45-25-28-50(79)29-26-45)65(88)77-53(22-13-15-33-70-43(5)6)62(85)75-51(23-16-34-71-66(67)68)57(80)39-49(61(84)72-40-59(82)73-54)36-46-24-27-47-19-10-11-20-48(47)35-46/h7-11,17-20,24-29,35,41-43,49,51-56,69-70,79H,12-16,21-23,30-34,36-40H2,1-6H3,(H,72,84)(H,73,82)(H,74,81)(H,75,85)(H,76,86)(H,77,88)(H,78,87)(H4,67,68,71)/t49?,51-,52+,53+,54-,55+,56+/m1/s1. The van der Waals surface area contributed by atoms with Crippen LogP contribution in [0.4, 0.5) is 0 Å². The van der Waals surface area contributed by atoms with Crippen LogP contribution in [0, 0.1) is 11.8 Å². The summed E-state index contributed by atoms with van der Waals surface area (Å²) in [5, 5.41) is 38.3. The molecule has 0 aliphatic carbocycles. The van der Waals surface area contributed by atoms with E-state index in [9.17, 15) is 48.3 Å². The van der Waals surface area contributed by atoms with Crippen molar-refractivity contribution in [2.24, 2.45) is 28.3 Å². The zero-order chi connectivity index (χ0) is 64.1. The summed E-state index contributed by atoms with van der Waals surface area (Å²) >= 11 is 0. The zero-order valence-corrected chi connectivity index (χ0v) is 52.0. The third-order valence-electron chi connectivity index (χ3n) is 15.2. The number of Topliss-reactive ketones (excluding diaryl/α,β-unsaturated/α-hetero) is 2. The van der Waals surface area contributed by atoms with Gasteiger partial charge in [0.1, 0.15) is 29.9 Å². The lowest BCUT2D eigenvalue weighted by molar-refractivity contribution is -0.135. The van der Waals surface area contributed by atoms with Gasteiger partial charge in [-0.2, -0.15) is 0 Å². The van der Waals surface area contributed by atoms with Gasteiger partial charge in [0, 0.05) is 56.1 Å². The number of phenols is 1. The van der Waals surface area contributed by atoms with Crippen LogP contribution in [-0.4, -0.2) is 138 Å². The molecule has 4 aromatic carbocycles. The highest BCUT2D eigenvalue weighted by Crippen LogP contribution is 2.22. The maximum absolute atomic E-state index is 14.9. The Kier molecular flexibility index (Phi) is 29.5. The average Bonchev–Trinajstić information content (AvgIpc) is 2.00. The maximum Gasteiger partial charge on any atom is 0.243 e. The van der Waals surface area contributed by atoms with Crippen LogP contribution in [0.2, 0.25) is 0 Å². The Morgan fingerprint density at radius 1 is 0.591 bits per heavy atom. The number of aromatic hydroxyl groups is 1. The molecule has 1 fully saturated rings. The van der Waals surface area contributed by atoms with Gasteiger partial charge < -0.3 is 64.4 Å². The fourth-order valence-electron chi connectivity index (χ4n) is 10.4. The summed E-state index contributed by atoms with van der Waals surface area (Å²) in [7, 11) is 0. The summed E-state index contributed by atoms with van der Waals surface area (Å²) < 4.78 is 0. The number of nitrogens with zero attached hydrogens (tertiary/aromatic N) is 1. The SMILES string of the molecule is CC(C)NCCCC[C@@H]1NC(=O)[C@H](Cc2ccc(O)cc2)NC(=O)[C@H](Cc2ccccc2)NC(=O)CC[C@H](C(=O)N[C@@H](CCCCNC(C)C)C(=O)C(C)C)NC(=O)CNC(=O)C(Cc2ccc3ccccc3c2)CC(=O)[C@@H](CCCN=C(N)N)NC1=O. The van der Waals surface area contributed by atoms with E-state index in [0.717, 1.165) is 17.2 Å². The lowest BCUT2D eigenvalue weighted by atomic mass is 9.89. The number of fused-ring (bicyclic) bond motifs is 1. The second kappa shape index (κ2) is 36.8. The van der Waals surface area contributed by atoms with Crippen molar-refractivity contribution in [2.45, 2.75) is 180 Å². The summed E-state index contributed by atoms with van der Waals surface area (Å²) in [6, 6.07) is 21.0. The number of carbonyl (C=O) groups is 9. The predicted molar refractivity (Wildman–Crippen MR) is 340 cm³/mol. The number of hydrogen-bond donors (Lipinski definition) is 12. The van der Waals surface area contributed by atoms with Crippen molar-refractivity contribution in [2.75, 3.05) is 26.2 Å². The van der Waals surface area contributed by atoms with E-state index in [1.807, 2.05) is 70.2 Å². The van der Waals surface area contributed by atoms with Crippen molar-refractivity contribution in [1.29, 1.82) is 0 Å². The number of unbranched alkanes of at least 4 members (excludes halogenated alkanes) is 2. The number of aliphatic imine (C=N–C) groups is 1. The minimum absolute atomic E-state index is 0.0174. The molecule has 4 aromatic rings. The van der Waals surface area contributed by atoms with E-state index in [4.69, 9.17) is 11.5 Å². The Morgan fingerprint density at radius 2 is 1.16 bits per heavy atom.